The molecule has 0 spiro atoms. The van der Waals surface area contributed by atoms with E-state index >= 15 is 0 Å². The molecule has 110 valence electrons. The van der Waals surface area contributed by atoms with E-state index in [0.29, 0.717) is 12.8 Å². The summed E-state index contributed by atoms with van der Waals surface area (Å²) in [4.78, 5) is 23.6. The van der Waals surface area contributed by atoms with Crippen molar-refractivity contribution in [3.8, 4) is 0 Å². The molecule has 0 aliphatic heterocycles. The monoisotopic (exact) mass is 342 g/mol. The number of carbonyl (C=O) groups excluding carboxylic acids is 2. The summed E-state index contributed by atoms with van der Waals surface area (Å²) in [6, 6.07) is 7.77. The molecule has 20 heavy (non-hydrogen) atoms. The predicted octanol–water partition coefficient (Wildman–Crippen LogP) is 3.12. The molecule has 0 fully saturated rings. The van der Waals surface area contributed by atoms with E-state index < -0.39 is 17.9 Å². The number of benzene rings is 1. The van der Waals surface area contributed by atoms with Gasteiger partial charge in [-0.15, -0.1) is 0 Å². The van der Waals surface area contributed by atoms with E-state index in [-0.39, 0.29) is 13.2 Å². The van der Waals surface area contributed by atoms with Gasteiger partial charge in [0.05, 0.1) is 13.2 Å². The van der Waals surface area contributed by atoms with Crippen molar-refractivity contribution in [1.29, 1.82) is 0 Å². The van der Waals surface area contributed by atoms with Gasteiger partial charge in [-0.3, -0.25) is 9.59 Å². The highest BCUT2D eigenvalue weighted by molar-refractivity contribution is 9.10. The fourth-order valence-corrected chi connectivity index (χ4v) is 2.27. The zero-order chi connectivity index (χ0) is 15.0. The van der Waals surface area contributed by atoms with Crippen LogP contribution in [0.25, 0.3) is 0 Å². The summed E-state index contributed by atoms with van der Waals surface area (Å²) in [6.45, 7) is 3.94. The van der Waals surface area contributed by atoms with Crippen molar-refractivity contribution < 1.29 is 19.1 Å². The number of hydrogen-bond donors (Lipinski definition) is 0. The Hall–Kier alpha value is -1.36. The number of aryl methyl sites for hydroxylation is 1. The Balaban J connectivity index is 2.69. The summed E-state index contributed by atoms with van der Waals surface area (Å²) in [5, 5.41) is 0. The standard InChI is InChI=1S/C15H19BrO4/c1-3-19-14(17)13(15(18)20-4-2)9-8-11-6-5-7-12(16)10-11/h5-7,10,13H,3-4,8-9H2,1-2H3. The Morgan fingerprint density at radius 1 is 1.15 bits per heavy atom. The van der Waals surface area contributed by atoms with Gasteiger partial charge in [-0.1, -0.05) is 28.1 Å². The minimum atomic E-state index is -0.853. The fraction of sp³-hybridized carbons (Fsp3) is 0.467. The second kappa shape index (κ2) is 8.74. The molecule has 0 unspecified atom stereocenters. The molecular formula is C15H19BrO4. The highest BCUT2D eigenvalue weighted by Gasteiger charge is 2.29. The minimum Gasteiger partial charge on any atom is -0.465 e. The van der Waals surface area contributed by atoms with Crippen LogP contribution in [0, 0.1) is 5.92 Å². The quantitative estimate of drug-likeness (QED) is 0.564. The molecule has 0 atom stereocenters. The molecule has 1 rings (SSSR count). The summed E-state index contributed by atoms with van der Waals surface area (Å²) in [5.74, 6) is -1.88. The van der Waals surface area contributed by atoms with Crippen LogP contribution in [0.4, 0.5) is 0 Å². The van der Waals surface area contributed by atoms with Gasteiger partial charge in [0, 0.05) is 4.47 Å². The van der Waals surface area contributed by atoms with E-state index in [0.717, 1.165) is 10.0 Å². The van der Waals surface area contributed by atoms with Crippen molar-refractivity contribution in [2.75, 3.05) is 13.2 Å². The maximum atomic E-state index is 11.8. The molecule has 0 bridgehead atoms. The van der Waals surface area contributed by atoms with Gasteiger partial charge in [-0.2, -0.15) is 0 Å². The van der Waals surface area contributed by atoms with E-state index in [4.69, 9.17) is 9.47 Å². The molecule has 4 nitrogen and oxygen atoms in total. The highest BCUT2D eigenvalue weighted by atomic mass is 79.9. The summed E-state index contributed by atoms with van der Waals surface area (Å²) in [7, 11) is 0. The zero-order valence-electron chi connectivity index (χ0n) is 11.7. The minimum absolute atomic E-state index is 0.256. The molecule has 0 aliphatic carbocycles. The number of ether oxygens (including phenoxy) is 2. The van der Waals surface area contributed by atoms with Gasteiger partial charge in [-0.25, -0.2) is 0 Å². The van der Waals surface area contributed by atoms with Crippen LogP contribution < -0.4 is 0 Å². The molecule has 0 heterocycles. The van der Waals surface area contributed by atoms with Crippen molar-refractivity contribution in [2.45, 2.75) is 26.7 Å². The van der Waals surface area contributed by atoms with Crippen molar-refractivity contribution >= 4 is 27.9 Å². The second-order valence-corrected chi connectivity index (χ2v) is 5.14. The number of carbonyl (C=O) groups is 2. The first-order valence-corrected chi connectivity index (χ1v) is 7.45. The molecule has 1 aromatic rings. The maximum absolute atomic E-state index is 11.8. The Labute approximate surface area is 127 Å². The van der Waals surface area contributed by atoms with Gasteiger partial charge in [0.15, 0.2) is 5.92 Å². The van der Waals surface area contributed by atoms with Crippen molar-refractivity contribution in [2.24, 2.45) is 5.92 Å². The van der Waals surface area contributed by atoms with Crippen LogP contribution in [0.1, 0.15) is 25.8 Å². The first-order valence-electron chi connectivity index (χ1n) is 6.66. The predicted molar refractivity (Wildman–Crippen MR) is 79.2 cm³/mol. The lowest BCUT2D eigenvalue weighted by Gasteiger charge is -2.14. The Morgan fingerprint density at radius 2 is 1.75 bits per heavy atom. The van der Waals surface area contributed by atoms with Crippen molar-refractivity contribution in [3.63, 3.8) is 0 Å². The normalized spacial score (nSPS) is 10.4. The van der Waals surface area contributed by atoms with Crippen molar-refractivity contribution in [1.82, 2.24) is 0 Å². The molecule has 0 aliphatic rings. The van der Waals surface area contributed by atoms with Crippen LogP contribution in [0.15, 0.2) is 28.7 Å². The van der Waals surface area contributed by atoms with Crippen LogP contribution in [-0.4, -0.2) is 25.2 Å². The molecule has 0 saturated heterocycles. The largest absolute Gasteiger partial charge is 0.465 e. The third kappa shape index (κ3) is 5.33. The van der Waals surface area contributed by atoms with Gasteiger partial charge in [0.25, 0.3) is 0 Å². The molecule has 0 radical (unpaired) electrons. The first-order chi connectivity index (χ1) is 9.58. The van der Waals surface area contributed by atoms with Gasteiger partial charge in [0.2, 0.25) is 0 Å². The zero-order valence-corrected chi connectivity index (χ0v) is 13.3. The van der Waals surface area contributed by atoms with E-state index in [1.165, 1.54) is 0 Å². The summed E-state index contributed by atoms with van der Waals surface area (Å²) < 4.78 is 10.8. The Morgan fingerprint density at radius 3 is 2.25 bits per heavy atom. The molecule has 0 N–H and O–H groups in total. The lowest BCUT2D eigenvalue weighted by Crippen LogP contribution is -2.28. The lowest BCUT2D eigenvalue weighted by molar-refractivity contribution is -0.161. The second-order valence-electron chi connectivity index (χ2n) is 4.23. The van der Waals surface area contributed by atoms with Crippen LogP contribution in [0.2, 0.25) is 0 Å². The topological polar surface area (TPSA) is 52.6 Å². The first kappa shape index (κ1) is 16.7. The number of esters is 2. The summed E-state index contributed by atoms with van der Waals surface area (Å²) >= 11 is 3.39. The maximum Gasteiger partial charge on any atom is 0.320 e. The van der Waals surface area contributed by atoms with Gasteiger partial charge < -0.3 is 9.47 Å². The Kier molecular flexibility index (Phi) is 7.30. The van der Waals surface area contributed by atoms with Gasteiger partial charge in [-0.05, 0) is 44.4 Å². The smallest absolute Gasteiger partial charge is 0.320 e. The third-order valence-electron chi connectivity index (χ3n) is 2.75. The SMILES string of the molecule is CCOC(=O)C(CCc1cccc(Br)c1)C(=O)OCC. The lowest BCUT2D eigenvalue weighted by atomic mass is 9.99. The summed E-state index contributed by atoms with van der Waals surface area (Å²) in [6.07, 6.45) is 0.996. The van der Waals surface area contributed by atoms with Crippen LogP contribution in [0.5, 0.6) is 0 Å². The summed E-state index contributed by atoms with van der Waals surface area (Å²) in [5.41, 5.74) is 1.05. The molecule has 1 aromatic carbocycles. The molecular weight excluding hydrogens is 324 g/mol. The molecule has 0 aromatic heterocycles. The number of halogens is 1. The van der Waals surface area contributed by atoms with Gasteiger partial charge in [0.1, 0.15) is 0 Å². The van der Waals surface area contributed by atoms with E-state index in [1.807, 2.05) is 24.3 Å². The van der Waals surface area contributed by atoms with Crippen LogP contribution in [-0.2, 0) is 25.5 Å². The highest BCUT2D eigenvalue weighted by Crippen LogP contribution is 2.17. The van der Waals surface area contributed by atoms with E-state index in [2.05, 4.69) is 15.9 Å². The average Bonchev–Trinajstić information content (AvgIpc) is 2.39. The Bertz CT molecular complexity index is 441. The number of hydrogen-bond acceptors (Lipinski definition) is 4. The fourth-order valence-electron chi connectivity index (χ4n) is 1.82. The third-order valence-corrected chi connectivity index (χ3v) is 3.25. The molecule has 5 heteroatoms. The molecule has 0 amide bonds. The van der Waals surface area contributed by atoms with Crippen molar-refractivity contribution in [3.05, 3.63) is 34.3 Å². The van der Waals surface area contributed by atoms with E-state index in [9.17, 15) is 9.59 Å². The average molecular weight is 343 g/mol. The van der Waals surface area contributed by atoms with Gasteiger partial charge >= 0.3 is 11.9 Å². The number of rotatable bonds is 7. The molecule has 0 saturated carbocycles. The van der Waals surface area contributed by atoms with Crippen LogP contribution in [0.3, 0.4) is 0 Å². The van der Waals surface area contributed by atoms with Crippen LogP contribution >= 0.6 is 15.9 Å². The van der Waals surface area contributed by atoms with E-state index in [1.54, 1.807) is 13.8 Å².